The first-order valence-corrected chi connectivity index (χ1v) is 7.01. The van der Waals surface area contributed by atoms with Crippen LogP contribution in [0.5, 0.6) is 0 Å². The Morgan fingerprint density at radius 3 is 2.80 bits per heavy atom. The summed E-state index contributed by atoms with van der Waals surface area (Å²) in [5.41, 5.74) is 5.95. The Labute approximate surface area is 119 Å². The van der Waals surface area contributed by atoms with Gasteiger partial charge in [-0.05, 0) is 37.6 Å². The minimum atomic E-state index is -0.546. The summed E-state index contributed by atoms with van der Waals surface area (Å²) < 4.78 is 19.0. The summed E-state index contributed by atoms with van der Waals surface area (Å²) in [6, 6.07) is 4.15. The highest BCUT2D eigenvalue weighted by Crippen LogP contribution is 2.10. The molecule has 20 heavy (non-hydrogen) atoms. The molecule has 0 atom stereocenters. The van der Waals surface area contributed by atoms with Crippen LogP contribution in [0.4, 0.5) is 4.39 Å². The van der Waals surface area contributed by atoms with Crippen molar-refractivity contribution in [2.45, 2.75) is 32.7 Å². The first-order valence-electron chi connectivity index (χ1n) is 7.01. The molecule has 5 heteroatoms. The van der Waals surface area contributed by atoms with E-state index in [4.69, 9.17) is 10.5 Å². The Morgan fingerprint density at radius 2 is 2.10 bits per heavy atom. The number of ether oxygens (including phenoxy) is 1. The van der Waals surface area contributed by atoms with E-state index in [1.807, 2.05) is 0 Å². The standard InChI is InChI=1S/C15H23FN2O2/c1-2-3-8-20-9-4-7-18-11-13-10-12(15(17)19)5-6-14(13)16/h5-6,10,18H,2-4,7-9,11H2,1H3,(H2,17,19). The van der Waals surface area contributed by atoms with Crippen molar-refractivity contribution in [1.82, 2.24) is 5.32 Å². The third-order valence-electron chi connectivity index (χ3n) is 2.93. The van der Waals surface area contributed by atoms with E-state index >= 15 is 0 Å². The zero-order valence-electron chi connectivity index (χ0n) is 12.0. The van der Waals surface area contributed by atoms with E-state index in [1.54, 1.807) is 0 Å². The maximum Gasteiger partial charge on any atom is 0.248 e. The lowest BCUT2D eigenvalue weighted by Gasteiger charge is -2.08. The normalized spacial score (nSPS) is 10.7. The molecule has 0 aromatic heterocycles. The molecule has 0 unspecified atom stereocenters. The van der Waals surface area contributed by atoms with Gasteiger partial charge in [-0.2, -0.15) is 0 Å². The molecule has 1 amide bonds. The van der Waals surface area contributed by atoms with Gasteiger partial charge >= 0.3 is 0 Å². The van der Waals surface area contributed by atoms with Crippen molar-refractivity contribution in [2.24, 2.45) is 5.73 Å². The van der Waals surface area contributed by atoms with Gasteiger partial charge in [0.1, 0.15) is 5.82 Å². The van der Waals surface area contributed by atoms with Crippen molar-refractivity contribution in [3.63, 3.8) is 0 Å². The molecule has 0 saturated heterocycles. The topological polar surface area (TPSA) is 64.3 Å². The van der Waals surface area contributed by atoms with Crippen molar-refractivity contribution < 1.29 is 13.9 Å². The van der Waals surface area contributed by atoms with Crippen LogP contribution >= 0.6 is 0 Å². The van der Waals surface area contributed by atoms with Crippen LogP contribution in [0.1, 0.15) is 42.1 Å². The van der Waals surface area contributed by atoms with Gasteiger partial charge < -0.3 is 15.8 Å². The summed E-state index contributed by atoms with van der Waals surface area (Å²) >= 11 is 0. The molecule has 1 aromatic rings. The minimum Gasteiger partial charge on any atom is -0.381 e. The zero-order valence-corrected chi connectivity index (χ0v) is 12.0. The van der Waals surface area contributed by atoms with Gasteiger partial charge in [0.2, 0.25) is 5.91 Å². The van der Waals surface area contributed by atoms with E-state index in [1.165, 1.54) is 18.2 Å². The van der Waals surface area contributed by atoms with Crippen LogP contribution in [0.25, 0.3) is 0 Å². The molecule has 0 radical (unpaired) electrons. The lowest BCUT2D eigenvalue weighted by atomic mass is 10.1. The number of halogens is 1. The van der Waals surface area contributed by atoms with Crippen LogP contribution in [0, 0.1) is 5.82 Å². The van der Waals surface area contributed by atoms with Gasteiger partial charge in [0.05, 0.1) is 0 Å². The smallest absolute Gasteiger partial charge is 0.248 e. The molecule has 0 fully saturated rings. The number of nitrogens with one attached hydrogen (secondary N) is 1. The number of unbranched alkanes of at least 4 members (excludes halogenated alkanes) is 1. The predicted molar refractivity (Wildman–Crippen MR) is 77.0 cm³/mol. The molecule has 0 heterocycles. The van der Waals surface area contributed by atoms with E-state index in [-0.39, 0.29) is 5.82 Å². The van der Waals surface area contributed by atoms with Crippen molar-refractivity contribution in [3.05, 3.63) is 35.1 Å². The highest BCUT2D eigenvalue weighted by atomic mass is 19.1. The first-order chi connectivity index (χ1) is 9.65. The van der Waals surface area contributed by atoms with Gasteiger partial charge in [-0.15, -0.1) is 0 Å². The van der Waals surface area contributed by atoms with Crippen molar-refractivity contribution in [1.29, 1.82) is 0 Å². The fraction of sp³-hybridized carbons (Fsp3) is 0.533. The van der Waals surface area contributed by atoms with E-state index in [0.29, 0.717) is 24.3 Å². The summed E-state index contributed by atoms with van der Waals surface area (Å²) in [5, 5.41) is 3.13. The Hall–Kier alpha value is -1.46. The fourth-order valence-corrected chi connectivity index (χ4v) is 1.73. The number of carbonyl (C=O) groups excluding carboxylic acids is 1. The number of nitrogens with two attached hydrogens (primary N) is 1. The minimum absolute atomic E-state index is 0.325. The van der Waals surface area contributed by atoms with Crippen LogP contribution < -0.4 is 11.1 Å². The first kappa shape index (κ1) is 16.6. The summed E-state index contributed by atoms with van der Waals surface area (Å²) in [7, 11) is 0. The summed E-state index contributed by atoms with van der Waals surface area (Å²) in [5.74, 6) is -0.878. The summed E-state index contributed by atoms with van der Waals surface area (Å²) in [6.45, 7) is 4.75. The van der Waals surface area contributed by atoms with Crippen LogP contribution in [-0.2, 0) is 11.3 Å². The number of carbonyl (C=O) groups is 1. The number of benzene rings is 1. The third kappa shape index (κ3) is 6.12. The van der Waals surface area contributed by atoms with E-state index in [9.17, 15) is 9.18 Å². The van der Waals surface area contributed by atoms with Crippen molar-refractivity contribution in [3.8, 4) is 0 Å². The van der Waals surface area contributed by atoms with E-state index in [0.717, 1.165) is 32.4 Å². The number of rotatable bonds is 10. The molecule has 1 rings (SSSR count). The molecule has 0 aliphatic rings. The Balaban J connectivity index is 2.24. The molecule has 0 aliphatic heterocycles. The predicted octanol–water partition coefficient (Wildman–Crippen LogP) is 2.22. The number of amides is 1. The lowest BCUT2D eigenvalue weighted by molar-refractivity contribution is 0.1000. The average Bonchev–Trinajstić information content (AvgIpc) is 2.43. The molecular formula is C15H23FN2O2. The molecule has 3 N–H and O–H groups in total. The molecule has 0 saturated carbocycles. The molecule has 0 bridgehead atoms. The maximum atomic E-state index is 13.5. The van der Waals surface area contributed by atoms with E-state index in [2.05, 4.69) is 12.2 Å². The van der Waals surface area contributed by atoms with Crippen LogP contribution in [-0.4, -0.2) is 25.7 Å². The summed E-state index contributed by atoms with van der Waals surface area (Å²) in [6.07, 6.45) is 3.09. The molecular weight excluding hydrogens is 259 g/mol. The quantitative estimate of drug-likeness (QED) is 0.647. The molecule has 1 aromatic carbocycles. The monoisotopic (exact) mass is 282 g/mol. The highest BCUT2D eigenvalue weighted by Gasteiger charge is 2.06. The van der Waals surface area contributed by atoms with Crippen LogP contribution in [0.15, 0.2) is 18.2 Å². The van der Waals surface area contributed by atoms with Crippen molar-refractivity contribution >= 4 is 5.91 Å². The number of hydrogen-bond donors (Lipinski definition) is 2. The van der Waals surface area contributed by atoms with Crippen molar-refractivity contribution in [2.75, 3.05) is 19.8 Å². The molecule has 0 spiro atoms. The Bertz CT molecular complexity index is 424. The number of primary amides is 1. The molecule has 112 valence electrons. The Kier molecular flexibility index (Phi) is 7.84. The van der Waals surface area contributed by atoms with Crippen LogP contribution in [0.3, 0.4) is 0 Å². The Morgan fingerprint density at radius 1 is 1.35 bits per heavy atom. The lowest BCUT2D eigenvalue weighted by Crippen LogP contribution is -2.18. The second-order valence-corrected chi connectivity index (χ2v) is 4.67. The van der Waals surface area contributed by atoms with Gasteiger partial charge in [-0.1, -0.05) is 13.3 Å². The molecule has 4 nitrogen and oxygen atoms in total. The van der Waals surface area contributed by atoms with E-state index < -0.39 is 5.91 Å². The SMILES string of the molecule is CCCCOCCCNCc1cc(C(N)=O)ccc1F. The number of hydrogen-bond acceptors (Lipinski definition) is 3. The third-order valence-corrected chi connectivity index (χ3v) is 2.93. The van der Waals surface area contributed by atoms with Crippen LogP contribution in [0.2, 0.25) is 0 Å². The largest absolute Gasteiger partial charge is 0.381 e. The second-order valence-electron chi connectivity index (χ2n) is 4.67. The summed E-state index contributed by atoms with van der Waals surface area (Å²) in [4.78, 5) is 11.0. The zero-order chi connectivity index (χ0) is 14.8. The van der Waals surface area contributed by atoms with Gasteiger partial charge in [-0.25, -0.2) is 4.39 Å². The fourth-order valence-electron chi connectivity index (χ4n) is 1.73. The van der Waals surface area contributed by atoms with Gasteiger partial charge in [0.25, 0.3) is 0 Å². The van der Waals surface area contributed by atoms with Gasteiger partial charge in [0, 0.05) is 30.9 Å². The maximum absolute atomic E-state index is 13.5. The average molecular weight is 282 g/mol. The molecule has 0 aliphatic carbocycles. The van der Waals surface area contributed by atoms with Gasteiger partial charge in [0.15, 0.2) is 0 Å². The van der Waals surface area contributed by atoms with Gasteiger partial charge in [-0.3, -0.25) is 4.79 Å². The second kappa shape index (κ2) is 9.44. The highest BCUT2D eigenvalue weighted by molar-refractivity contribution is 5.92.